The van der Waals surface area contributed by atoms with Crippen LogP contribution in [0.1, 0.15) is 54.9 Å². The van der Waals surface area contributed by atoms with Crippen molar-refractivity contribution in [1.29, 1.82) is 0 Å². The molecule has 6 nitrogen and oxygen atoms in total. The Balaban J connectivity index is 1.72. The number of aromatic nitrogens is 4. The Morgan fingerprint density at radius 2 is 1.84 bits per heavy atom. The number of nitrogens with one attached hydrogen (secondary N) is 1. The van der Waals surface area contributed by atoms with Gasteiger partial charge >= 0.3 is 0 Å². The number of pyridine rings is 1. The van der Waals surface area contributed by atoms with E-state index in [0.29, 0.717) is 22.0 Å². The highest BCUT2D eigenvalue weighted by Gasteiger charge is 2.24. The standard InChI is InChI=1S/C24H24FN5OS/c1-14(2)22-20(19-11-7-8-12-26-19)28-24(32-22)29-23(31)17-13-27-30(15(3)4)21(17)16-9-5-6-10-18(16)25/h5-15H,1-4H3,(H,28,29,31). The van der Waals surface area contributed by atoms with E-state index in [4.69, 9.17) is 0 Å². The minimum atomic E-state index is -0.405. The normalized spacial score (nSPS) is 11.3. The molecular formula is C24H24FN5OS. The van der Waals surface area contributed by atoms with E-state index in [9.17, 15) is 9.18 Å². The van der Waals surface area contributed by atoms with Gasteiger partial charge in [0.05, 0.1) is 23.1 Å². The summed E-state index contributed by atoms with van der Waals surface area (Å²) in [5.41, 5.74) is 2.59. The molecule has 3 heterocycles. The van der Waals surface area contributed by atoms with Crippen molar-refractivity contribution in [3.63, 3.8) is 0 Å². The van der Waals surface area contributed by atoms with Gasteiger partial charge in [0.2, 0.25) is 0 Å². The Hall–Kier alpha value is -3.39. The largest absolute Gasteiger partial charge is 0.298 e. The van der Waals surface area contributed by atoms with Crippen LogP contribution in [-0.2, 0) is 0 Å². The monoisotopic (exact) mass is 449 g/mol. The number of halogens is 1. The van der Waals surface area contributed by atoms with Crippen LogP contribution in [0.25, 0.3) is 22.6 Å². The number of benzene rings is 1. The van der Waals surface area contributed by atoms with Gasteiger partial charge in [-0.25, -0.2) is 9.37 Å². The van der Waals surface area contributed by atoms with Crippen molar-refractivity contribution in [3.05, 3.63) is 71.1 Å². The van der Waals surface area contributed by atoms with Crippen LogP contribution in [0.5, 0.6) is 0 Å². The van der Waals surface area contributed by atoms with Gasteiger partial charge in [-0.15, -0.1) is 11.3 Å². The van der Waals surface area contributed by atoms with Crippen LogP contribution < -0.4 is 5.32 Å². The molecular weight excluding hydrogens is 425 g/mol. The van der Waals surface area contributed by atoms with E-state index in [1.54, 1.807) is 29.1 Å². The lowest BCUT2D eigenvalue weighted by atomic mass is 10.1. The van der Waals surface area contributed by atoms with E-state index in [2.05, 4.69) is 34.2 Å². The van der Waals surface area contributed by atoms with E-state index in [0.717, 1.165) is 16.3 Å². The number of carbonyl (C=O) groups is 1. The van der Waals surface area contributed by atoms with Gasteiger partial charge in [0.25, 0.3) is 5.91 Å². The Labute approximate surface area is 190 Å². The van der Waals surface area contributed by atoms with Gasteiger partial charge in [-0.1, -0.05) is 32.0 Å². The summed E-state index contributed by atoms with van der Waals surface area (Å²) in [6.45, 7) is 8.03. The average molecular weight is 450 g/mol. The third-order valence-corrected chi connectivity index (χ3v) is 6.24. The van der Waals surface area contributed by atoms with Crippen molar-refractivity contribution < 1.29 is 9.18 Å². The van der Waals surface area contributed by atoms with Crippen LogP contribution >= 0.6 is 11.3 Å². The van der Waals surface area contributed by atoms with Gasteiger partial charge in [0, 0.05) is 22.7 Å². The molecule has 0 bridgehead atoms. The molecule has 4 rings (SSSR count). The van der Waals surface area contributed by atoms with E-state index in [1.165, 1.54) is 23.6 Å². The van der Waals surface area contributed by atoms with Gasteiger partial charge in [-0.2, -0.15) is 5.10 Å². The van der Waals surface area contributed by atoms with Crippen LogP contribution in [0.15, 0.2) is 54.9 Å². The molecule has 32 heavy (non-hydrogen) atoms. The fourth-order valence-corrected chi connectivity index (χ4v) is 4.44. The van der Waals surface area contributed by atoms with Crippen molar-refractivity contribution in [3.8, 4) is 22.6 Å². The molecule has 1 N–H and O–H groups in total. The van der Waals surface area contributed by atoms with Crippen LogP contribution in [0, 0.1) is 5.82 Å². The molecule has 3 aromatic heterocycles. The van der Waals surface area contributed by atoms with Gasteiger partial charge in [-0.3, -0.25) is 19.8 Å². The number of thiazole rings is 1. The molecule has 0 spiro atoms. The summed E-state index contributed by atoms with van der Waals surface area (Å²) in [5.74, 6) is -0.572. The molecule has 4 aromatic rings. The first-order valence-electron chi connectivity index (χ1n) is 10.4. The molecule has 1 aromatic carbocycles. The van der Waals surface area contributed by atoms with Gasteiger partial charge in [-0.05, 0) is 44.0 Å². The summed E-state index contributed by atoms with van der Waals surface area (Å²) in [7, 11) is 0. The van der Waals surface area contributed by atoms with Gasteiger partial charge in [0.15, 0.2) is 5.13 Å². The molecule has 0 atom stereocenters. The Morgan fingerprint density at radius 3 is 2.50 bits per heavy atom. The first-order valence-corrected chi connectivity index (χ1v) is 11.2. The van der Waals surface area contributed by atoms with E-state index in [1.807, 2.05) is 32.0 Å². The molecule has 0 fully saturated rings. The molecule has 0 saturated carbocycles. The Kier molecular flexibility index (Phi) is 6.14. The van der Waals surface area contributed by atoms with Gasteiger partial charge < -0.3 is 0 Å². The second-order valence-corrected chi connectivity index (χ2v) is 9.01. The predicted molar refractivity (Wildman–Crippen MR) is 125 cm³/mol. The molecule has 0 saturated heterocycles. The number of anilines is 1. The first-order chi connectivity index (χ1) is 15.4. The summed E-state index contributed by atoms with van der Waals surface area (Å²) in [4.78, 5) is 23.3. The molecule has 8 heteroatoms. The number of carbonyl (C=O) groups excluding carboxylic acids is 1. The van der Waals surface area contributed by atoms with Crippen molar-refractivity contribution in [2.75, 3.05) is 5.32 Å². The minimum absolute atomic E-state index is 0.0469. The molecule has 0 aliphatic rings. The third-order valence-electron chi connectivity index (χ3n) is 4.96. The Bertz CT molecular complexity index is 1250. The predicted octanol–water partition coefficient (Wildman–Crippen LogP) is 6.16. The second-order valence-electron chi connectivity index (χ2n) is 7.98. The summed E-state index contributed by atoms with van der Waals surface area (Å²) < 4.78 is 16.3. The zero-order valence-electron chi connectivity index (χ0n) is 18.3. The lowest BCUT2D eigenvalue weighted by molar-refractivity contribution is 0.102. The number of rotatable bonds is 6. The summed E-state index contributed by atoms with van der Waals surface area (Å²) >= 11 is 1.42. The van der Waals surface area contributed by atoms with Crippen LogP contribution in [0.3, 0.4) is 0 Å². The van der Waals surface area contributed by atoms with E-state index in [-0.39, 0.29) is 17.9 Å². The SMILES string of the molecule is CC(C)c1sc(NC(=O)c2cnn(C(C)C)c2-c2ccccc2F)nc1-c1ccccn1. The zero-order chi connectivity index (χ0) is 22.8. The highest BCUT2D eigenvalue weighted by Crippen LogP contribution is 2.36. The van der Waals surface area contributed by atoms with Crippen LogP contribution in [-0.4, -0.2) is 25.7 Å². The quantitative estimate of drug-likeness (QED) is 0.382. The number of nitrogens with zero attached hydrogens (tertiary/aromatic N) is 4. The smallest absolute Gasteiger partial charge is 0.261 e. The van der Waals surface area contributed by atoms with Crippen LogP contribution in [0.2, 0.25) is 0 Å². The number of amides is 1. The molecule has 0 unspecified atom stereocenters. The maximum Gasteiger partial charge on any atom is 0.261 e. The highest BCUT2D eigenvalue weighted by atomic mass is 32.1. The van der Waals surface area contributed by atoms with Crippen LogP contribution in [0.4, 0.5) is 9.52 Å². The maximum absolute atomic E-state index is 14.6. The first kappa shape index (κ1) is 21.8. The topological polar surface area (TPSA) is 72.7 Å². The molecule has 0 aliphatic carbocycles. The minimum Gasteiger partial charge on any atom is -0.298 e. The summed E-state index contributed by atoms with van der Waals surface area (Å²) in [6, 6.07) is 12.0. The summed E-state index contributed by atoms with van der Waals surface area (Å²) in [6.07, 6.45) is 3.20. The number of hydrogen-bond donors (Lipinski definition) is 1. The molecule has 0 radical (unpaired) electrons. The lowest BCUT2D eigenvalue weighted by Gasteiger charge is -2.13. The van der Waals surface area contributed by atoms with Crippen molar-refractivity contribution in [2.45, 2.75) is 39.7 Å². The fourth-order valence-electron chi connectivity index (χ4n) is 3.47. The molecule has 164 valence electrons. The average Bonchev–Trinajstić information content (AvgIpc) is 3.39. The molecule has 0 aliphatic heterocycles. The fraction of sp³-hybridized carbons (Fsp3) is 0.250. The van der Waals surface area contributed by atoms with E-state index < -0.39 is 5.82 Å². The third kappa shape index (κ3) is 4.18. The highest BCUT2D eigenvalue weighted by molar-refractivity contribution is 7.16. The zero-order valence-corrected chi connectivity index (χ0v) is 19.2. The van der Waals surface area contributed by atoms with Gasteiger partial charge in [0.1, 0.15) is 11.5 Å². The van der Waals surface area contributed by atoms with E-state index >= 15 is 0 Å². The second kappa shape index (κ2) is 9.00. The maximum atomic E-state index is 14.6. The van der Waals surface area contributed by atoms with Crippen molar-refractivity contribution in [1.82, 2.24) is 19.7 Å². The van der Waals surface area contributed by atoms with Crippen molar-refractivity contribution in [2.24, 2.45) is 0 Å². The van der Waals surface area contributed by atoms with Crippen molar-refractivity contribution >= 4 is 22.4 Å². The molecule has 1 amide bonds. The lowest BCUT2D eigenvalue weighted by Crippen LogP contribution is -2.14. The summed E-state index contributed by atoms with van der Waals surface area (Å²) in [5, 5.41) is 7.72. The number of hydrogen-bond acceptors (Lipinski definition) is 5. The Morgan fingerprint density at radius 1 is 1.09 bits per heavy atom.